The number of hydrogen-bond donors (Lipinski definition) is 1. The quantitative estimate of drug-likeness (QED) is 0.626. The van der Waals surface area contributed by atoms with Crippen molar-refractivity contribution in [3.63, 3.8) is 0 Å². The molecular weight excluding hydrogens is 380 g/mol. The number of carbonyl (C=O) groups is 3. The number of nitrogens with zero attached hydrogens (tertiary/aromatic N) is 1. The summed E-state index contributed by atoms with van der Waals surface area (Å²) in [5.41, 5.74) is 3.26. The van der Waals surface area contributed by atoms with Crippen molar-refractivity contribution in [3.8, 4) is 5.75 Å². The Hall–Kier alpha value is -3.41. The molecule has 2 aliphatic heterocycles. The van der Waals surface area contributed by atoms with Gasteiger partial charge >= 0.3 is 0 Å². The van der Waals surface area contributed by atoms with Gasteiger partial charge in [-0.3, -0.25) is 14.4 Å². The number of hydrogen-bond acceptors (Lipinski definition) is 4. The topological polar surface area (TPSA) is 75.7 Å². The lowest BCUT2D eigenvalue weighted by atomic mass is 9.88. The van der Waals surface area contributed by atoms with Gasteiger partial charge in [-0.25, -0.2) is 0 Å². The van der Waals surface area contributed by atoms with Crippen LogP contribution >= 0.6 is 0 Å². The van der Waals surface area contributed by atoms with Crippen LogP contribution in [0.4, 0.5) is 5.69 Å². The lowest BCUT2D eigenvalue weighted by Crippen LogP contribution is -2.39. The lowest BCUT2D eigenvalue weighted by molar-refractivity contribution is -0.127. The van der Waals surface area contributed by atoms with Gasteiger partial charge in [0.15, 0.2) is 12.4 Å². The number of likely N-dealkylation sites (tertiary alicyclic amines) is 1. The van der Waals surface area contributed by atoms with E-state index in [0.29, 0.717) is 42.9 Å². The van der Waals surface area contributed by atoms with Crippen molar-refractivity contribution in [2.75, 3.05) is 25.0 Å². The molecule has 0 unspecified atom stereocenters. The second-order valence-electron chi connectivity index (χ2n) is 7.76. The standard InChI is InChI=1S/C24H24N2O4/c1-16-2-4-17(5-3-16)6-9-23(28)26-12-10-18(11-13-26)24(29)19-7-8-21-20(14-19)25-22(27)15-30-21/h2-9,14,18H,10-13,15H2,1H3,(H,25,27)/b9-6+. The summed E-state index contributed by atoms with van der Waals surface area (Å²) in [7, 11) is 0. The van der Waals surface area contributed by atoms with E-state index in [1.807, 2.05) is 37.3 Å². The van der Waals surface area contributed by atoms with Gasteiger partial charge < -0.3 is 15.0 Å². The van der Waals surface area contributed by atoms with Crippen molar-refractivity contribution in [1.29, 1.82) is 0 Å². The number of ether oxygens (including phenoxy) is 1. The molecule has 2 aromatic rings. The predicted octanol–water partition coefficient (Wildman–Crippen LogP) is 3.46. The average Bonchev–Trinajstić information content (AvgIpc) is 2.77. The largest absolute Gasteiger partial charge is 0.482 e. The maximum Gasteiger partial charge on any atom is 0.262 e. The molecule has 1 saturated heterocycles. The fourth-order valence-electron chi connectivity index (χ4n) is 3.78. The minimum atomic E-state index is -0.224. The summed E-state index contributed by atoms with van der Waals surface area (Å²) in [4.78, 5) is 38.7. The molecule has 154 valence electrons. The fourth-order valence-corrected chi connectivity index (χ4v) is 3.78. The van der Waals surface area contributed by atoms with Crippen molar-refractivity contribution in [2.24, 2.45) is 5.92 Å². The van der Waals surface area contributed by atoms with E-state index in [0.717, 1.165) is 5.56 Å². The smallest absolute Gasteiger partial charge is 0.262 e. The third kappa shape index (κ3) is 4.43. The van der Waals surface area contributed by atoms with Crippen LogP contribution in [0.15, 0.2) is 48.5 Å². The molecule has 30 heavy (non-hydrogen) atoms. The van der Waals surface area contributed by atoms with E-state index < -0.39 is 0 Å². The number of rotatable bonds is 4. The van der Waals surface area contributed by atoms with Crippen LogP contribution in [0.2, 0.25) is 0 Å². The Bertz CT molecular complexity index is 1000. The number of nitrogens with one attached hydrogen (secondary N) is 1. The molecular formula is C24H24N2O4. The molecule has 2 aliphatic rings. The third-order valence-corrected chi connectivity index (χ3v) is 5.57. The van der Waals surface area contributed by atoms with Gasteiger partial charge in [0.05, 0.1) is 5.69 Å². The van der Waals surface area contributed by atoms with Crippen molar-refractivity contribution in [1.82, 2.24) is 4.90 Å². The Morgan fingerprint density at radius 3 is 2.57 bits per heavy atom. The number of benzene rings is 2. The Morgan fingerprint density at radius 2 is 1.83 bits per heavy atom. The summed E-state index contributed by atoms with van der Waals surface area (Å²) < 4.78 is 5.34. The first-order valence-electron chi connectivity index (χ1n) is 10.1. The Kier molecular flexibility index (Phi) is 5.65. The number of ketones is 1. The zero-order valence-corrected chi connectivity index (χ0v) is 16.9. The molecule has 2 heterocycles. The third-order valence-electron chi connectivity index (χ3n) is 5.57. The number of amides is 2. The van der Waals surface area contributed by atoms with Crippen LogP contribution in [0, 0.1) is 12.8 Å². The van der Waals surface area contributed by atoms with Crippen molar-refractivity contribution in [3.05, 3.63) is 65.2 Å². The second kappa shape index (κ2) is 8.53. The van der Waals surface area contributed by atoms with Crippen LogP contribution in [0.25, 0.3) is 6.08 Å². The molecule has 0 saturated carbocycles. The van der Waals surface area contributed by atoms with E-state index in [1.54, 1.807) is 29.2 Å². The number of anilines is 1. The van der Waals surface area contributed by atoms with E-state index in [2.05, 4.69) is 5.32 Å². The number of piperidine rings is 1. The fraction of sp³-hybridized carbons (Fsp3) is 0.292. The monoisotopic (exact) mass is 404 g/mol. The van der Waals surface area contributed by atoms with Crippen LogP contribution < -0.4 is 10.1 Å². The number of aryl methyl sites for hydroxylation is 1. The normalized spacial score (nSPS) is 16.7. The highest BCUT2D eigenvalue weighted by molar-refractivity contribution is 6.02. The summed E-state index contributed by atoms with van der Waals surface area (Å²) >= 11 is 0. The molecule has 0 spiro atoms. The summed E-state index contributed by atoms with van der Waals surface area (Å²) in [6, 6.07) is 13.1. The zero-order chi connectivity index (χ0) is 21.1. The molecule has 0 aromatic heterocycles. The maximum atomic E-state index is 12.9. The summed E-state index contributed by atoms with van der Waals surface area (Å²) in [5, 5.41) is 2.73. The highest BCUT2D eigenvalue weighted by atomic mass is 16.5. The Labute approximate surface area is 175 Å². The molecule has 0 atom stereocenters. The molecule has 2 aromatic carbocycles. The van der Waals surface area contributed by atoms with Crippen LogP contribution in [0.5, 0.6) is 5.75 Å². The van der Waals surface area contributed by atoms with Gasteiger partial charge in [0.2, 0.25) is 5.91 Å². The molecule has 1 N–H and O–H groups in total. The first-order valence-corrected chi connectivity index (χ1v) is 10.1. The van der Waals surface area contributed by atoms with Gasteiger partial charge in [-0.1, -0.05) is 29.8 Å². The number of fused-ring (bicyclic) bond motifs is 1. The van der Waals surface area contributed by atoms with Gasteiger partial charge in [0.1, 0.15) is 5.75 Å². The van der Waals surface area contributed by atoms with Crippen LogP contribution in [-0.2, 0) is 9.59 Å². The molecule has 4 rings (SSSR count). The summed E-state index contributed by atoms with van der Waals surface area (Å²) in [6.45, 7) is 3.12. The Balaban J connectivity index is 1.34. The predicted molar refractivity (Wildman–Crippen MR) is 114 cm³/mol. The van der Waals surface area contributed by atoms with E-state index in [9.17, 15) is 14.4 Å². The molecule has 0 bridgehead atoms. The number of Topliss-reactive ketones (excluding diaryl/α,β-unsaturated/α-hetero) is 1. The summed E-state index contributed by atoms with van der Waals surface area (Å²) in [5.74, 6) is 0.230. The van der Waals surface area contributed by atoms with Gasteiger partial charge in [-0.15, -0.1) is 0 Å². The minimum absolute atomic E-state index is 0.00879. The molecule has 0 aliphatic carbocycles. The van der Waals surface area contributed by atoms with Gasteiger partial charge in [-0.05, 0) is 49.6 Å². The van der Waals surface area contributed by atoms with Crippen molar-refractivity contribution < 1.29 is 19.1 Å². The van der Waals surface area contributed by atoms with Crippen LogP contribution in [0.3, 0.4) is 0 Å². The van der Waals surface area contributed by atoms with E-state index >= 15 is 0 Å². The van der Waals surface area contributed by atoms with Crippen LogP contribution in [0.1, 0.15) is 34.3 Å². The molecule has 0 radical (unpaired) electrons. The molecule has 6 heteroatoms. The molecule has 6 nitrogen and oxygen atoms in total. The van der Waals surface area contributed by atoms with Crippen molar-refractivity contribution in [2.45, 2.75) is 19.8 Å². The highest BCUT2D eigenvalue weighted by Crippen LogP contribution is 2.30. The first-order chi connectivity index (χ1) is 14.5. The highest BCUT2D eigenvalue weighted by Gasteiger charge is 2.28. The number of carbonyl (C=O) groups excluding carboxylic acids is 3. The lowest BCUT2D eigenvalue weighted by Gasteiger charge is -2.30. The van der Waals surface area contributed by atoms with Gasteiger partial charge in [0, 0.05) is 30.6 Å². The van der Waals surface area contributed by atoms with Gasteiger partial charge in [-0.2, -0.15) is 0 Å². The maximum absolute atomic E-state index is 12.9. The molecule has 2 amide bonds. The molecule has 1 fully saturated rings. The second-order valence-corrected chi connectivity index (χ2v) is 7.76. The van der Waals surface area contributed by atoms with E-state index in [4.69, 9.17) is 4.74 Å². The first kappa shape index (κ1) is 19.9. The van der Waals surface area contributed by atoms with E-state index in [-0.39, 0.29) is 30.1 Å². The van der Waals surface area contributed by atoms with Crippen molar-refractivity contribution >= 4 is 29.4 Å². The zero-order valence-electron chi connectivity index (χ0n) is 16.9. The van der Waals surface area contributed by atoms with E-state index in [1.165, 1.54) is 5.56 Å². The summed E-state index contributed by atoms with van der Waals surface area (Å²) in [6.07, 6.45) is 4.67. The average molecular weight is 404 g/mol. The van der Waals surface area contributed by atoms with Crippen LogP contribution in [-0.4, -0.2) is 42.2 Å². The SMILES string of the molecule is Cc1ccc(/C=C/C(=O)N2CCC(C(=O)c3ccc4c(c3)NC(=O)CO4)CC2)cc1. The van der Waals surface area contributed by atoms with Gasteiger partial charge in [0.25, 0.3) is 5.91 Å². The minimum Gasteiger partial charge on any atom is -0.482 e. The Morgan fingerprint density at radius 1 is 1.10 bits per heavy atom.